The van der Waals surface area contributed by atoms with Gasteiger partial charge < -0.3 is 15.0 Å². The summed E-state index contributed by atoms with van der Waals surface area (Å²) in [6.07, 6.45) is 7.19. The van der Waals surface area contributed by atoms with Crippen LogP contribution in [-0.2, 0) is 24.2 Å². The predicted molar refractivity (Wildman–Crippen MR) is 104 cm³/mol. The van der Waals surface area contributed by atoms with Gasteiger partial charge in [0.15, 0.2) is 0 Å². The van der Waals surface area contributed by atoms with Crippen molar-refractivity contribution in [2.45, 2.75) is 38.4 Å². The lowest BCUT2D eigenvalue weighted by molar-refractivity contribution is 0.122. The average Bonchev–Trinajstić information content (AvgIpc) is 3.54. The van der Waals surface area contributed by atoms with Crippen LogP contribution in [0.2, 0.25) is 0 Å². The van der Waals surface area contributed by atoms with Crippen molar-refractivity contribution in [2.75, 3.05) is 43.1 Å². The number of rotatable bonds is 5. The van der Waals surface area contributed by atoms with E-state index in [0.717, 1.165) is 64.1 Å². The molecule has 2 aliphatic heterocycles. The highest BCUT2D eigenvalue weighted by Gasteiger charge is 2.28. The number of ether oxygens (including phenoxy) is 1. The molecule has 1 N–H and O–H groups in total. The lowest BCUT2D eigenvalue weighted by Gasteiger charge is -2.32. The quantitative estimate of drug-likeness (QED) is 0.866. The molecule has 5 rings (SSSR count). The van der Waals surface area contributed by atoms with Crippen LogP contribution in [0.3, 0.4) is 0 Å². The molecule has 0 atom stereocenters. The van der Waals surface area contributed by atoms with Gasteiger partial charge in [0.05, 0.1) is 18.9 Å². The van der Waals surface area contributed by atoms with E-state index in [1.807, 2.05) is 12.4 Å². The number of aromatic nitrogens is 3. The molecule has 1 saturated carbocycles. The van der Waals surface area contributed by atoms with E-state index >= 15 is 0 Å². The molecule has 2 aromatic heterocycles. The average molecular weight is 366 g/mol. The highest BCUT2D eigenvalue weighted by molar-refractivity contribution is 5.53. The predicted octanol–water partition coefficient (Wildman–Crippen LogP) is 1.84. The Morgan fingerprint density at radius 3 is 2.67 bits per heavy atom. The van der Waals surface area contributed by atoms with Gasteiger partial charge in [0.1, 0.15) is 5.82 Å². The van der Waals surface area contributed by atoms with Crippen molar-refractivity contribution in [2.24, 2.45) is 0 Å². The van der Waals surface area contributed by atoms with Crippen LogP contribution in [0, 0.1) is 0 Å². The Morgan fingerprint density at radius 1 is 1.07 bits per heavy atom. The van der Waals surface area contributed by atoms with E-state index in [2.05, 4.69) is 32.2 Å². The molecule has 142 valence electrons. The summed E-state index contributed by atoms with van der Waals surface area (Å²) in [5.74, 6) is 1.91. The Hall–Kier alpha value is -2.25. The van der Waals surface area contributed by atoms with Crippen LogP contribution in [0.1, 0.15) is 29.7 Å². The SMILES string of the molecule is c1cc(CN2CCc3nc(N4CCOCC4)nc(NC4CC4)c3C2)ccn1. The van der Waals surface area contributed by atoms with Crippen molar-refractivity contribution in [3.8, 4) is 0 Å². The highest BCUT2D eigenvalue weighted by atomic mass is 16.5. The summed E-state index contributed by atoms with van der Waals surface area (Å²) >= 11 is 0. The molecular formula is C20H26N6O. The fourth-order valence-corrected chi connectivity index (χ4v) is 3.78. The third kappa shape index (κ3) is 3.89. The first-order chi connectivity index (χ1) is 13.3. The zero-order valence-electron chi connectivity index (χ0n) is 15.6. The number of hydrogen-bond donors (Lipinski definition) is 1. The Kier molecular flexibility index (Phi) is 4.63. The van der Waals surface area contributed by atoms with E-state index < -0.39 is 0 Å². The van der Waals surface area contributed by atoms with Gasteiger partial charge in [-0.1, -0.05) is 0 Å². The molecule has 2 fully saturated rings. The van der Waals surface area contributed by atoms with E-state index in [0.29, 0.717) is 6.04 Å². The van der Waals surface area contributed by atoms with E-state index in [4.69, 9.17) is 14.7 Å². The number of pyridine rings is 1. The monoisotopic (exact) mass is 366 g/mol. The maximum atomic E-state index is 5.49. The molecule has 2 aromatic rings. The van der Waals surface area contributed by atoms with Crippen molar-refractivity contribution in [3.63, 3.8) is 0 Å². The maximum Gasteiger partial charge on any atom is 0.227 e. The third-order valence-corrected chi connectivity index (χ3v) is 5.50. The largest absolute Gasteiger partial charge is 0.378 e. The van der Waals surface area contributed by atoms with Crippen molar-refractivity contribution in [1.82, 2.24) is 19.9 Å². The minimum absolute atomic E-state index is 0.581. The minimum atomic E-state index is 0.581. The summed E-state index contributed by atoms with van der Waals surface area (Å²) in [5.41, 5.74) is 3.79. The second-order valence-corrected chi connectivity index (χ2v) is 7.63. The summed E-state index contributed by atoms with van der Waals surface area (Å²) in [7, 11) is 0. The molecule has 7 nitrogen and oxygen atoms in total. The molecule has 0 radical (unpaired) electrons. The van der Waals surface area contributed by atoms with Gasteiger partial charge in [-0.2, -0.15) is 4.98 Å². The standard InChI is InChI=1S/C20H26N6O/c1-2-16(1)22-19-17-14-25(13-15-3-6-21-7-4-15)8-5-18(17)23-20(24-19)26-9-11-27-12-10-26/h3-4,6-7,16H,1-2,5,8-14H2,(H,22,23,24). The number of hydrogen-bond acceptors (Lipinski definition) is 7. The molecule has 0 bridgehead atoms. The first kappa shape index (κ1) is 16.9. The van der Waals surface area contributed by atoms with Gasteiger partial charge in [-0.3, -0.25) is 9.88 Å². The van der Waals surface area contributed by atoms with Gasteiger partial charge in [-0.15, -0.1) is 0 Å². The summed E-state index contributed by atoms with van der Waals surface area (Å²) < 4.78 is 5.49. The van der Waals surface area contributed by atoms with Crippen LogP contribution in [-0.4, -0.2) is 58.7 Å². The Balaban J connectivity index is 1.40. The van der Waals surface area contributed by atoms with Crippen LogP contribution >= 0.6 is 0 Å². The van der Waals surface area contributed by atoms with Crippen LogP contribution in [0.25, 0.3) is 0 Å². The van der Waals surface area contributed by atoms with Crippen molar-refractivity contribution in [3.05, 3.63) is 41.3 Å². The van der Waals surface area contributed by atoms with E-state index in [9.17, 15) is 0 Å². The van der Waals surface area contributed by atoms with E-state index in [1.54, 1.807) is 0 Å². The molecule has 3 aliphatic rings. The normalized spacial score (nSPS) is 20.4. The van der Waals surface area contributed by atoms with Gasteiger partial charge in [-0.05, 0) is 30.5 Å². The van der Waals surface area contributed by atoms with Gasteiger partial charge in [0, 0.05) is 63.1 Å². The third-order valence-electron chi connectivity index (χ3n) is 5.50. The summed E-state index contributed by atoms with van der Waals surface area (Å²) in [6.45, 7) is 6.12. The molecular weight excluding hydrogens is 340 g/mol. The zero-order valence-corrected chi connectivity index (χ0v) is 15.6. The lowest BCUT2D eigenvalue weighted by atomic mass is 10.1. The topological polar surface area (TPSA) is 66.4 Å². The summed E-state index contributed by atoms with van der Waals surface area (Å²) in [4.78, 5) is 18.7. The van der Waals surface area contributed by atoms with Crippen LogP contribution in [0.5, 0.6) is 0 Å². The number of anilines is 2. The van der Waals surface area contributed by atoms with Crippen LogP contribution in [0.4, 0.5) is 11.8 Å². The molecule has 0 unspecified atom stereocenters. The van der Waals surface area contributed by atoms with E-state index in [-0.39, 0.29) is 0 Å². The number of morpholine rings is 1. The van der Waals surface area contributed by atoms with Gasteiger partial charge in [0.2, 0.25) is 5.95 Å². The van der Waals surface area contributed by atoms with Gasteiger partial charge in [-0.25, -0.2) is 4.98 Å². The molecule has 0 spiro atoms. The van der Waals surface area contributed by atoms with Crippen LogP contribution < -0.4 is 10.2 Å². The first-order valence-electron chi connectivity index (χ1n) is 9.95. The smallest absolute Gasteiger partial charge is 0.227 e. The minimum Gasteiger partial charge on any atom is -0.378 e. The molecule has 27 heavy (non-hydrogen) atoms. The van der Waals surface area contributed by atoms with E-state index in [1.165, 1.54) is 29.7 Å². The van der Waals surface area contributed by atoms with Crippen molar-refractivity contribution >= 4 is 11.8 Å². The second kappa shape index (κ2) is 7.40. The Bertz CT molecular complexity index is 789. The maximum absolute atomic E-state index is 5.49. The second-order valence-electron chi connectivity index (χ2n) is 7.63. The lowest BCUT2D eigenvalue weighted by Crippen LogP contribution is -2.38. The molecule has 1 aliphatic carbocycles. The van der Waals surface area contributed by atoms with Crippen molar-refractivity contribution < 1.29 is 4.74 Å². The Morgan fingerprint density at radius 2 is 1.89 bits per heavy atom. The Labute approximate surface area is 159 Å². The number of nitrogens with zero attached hydrogens (tertiary/aromatic N) is 5. The van der Waals surface area contributed by atoms with Gasteiger partial charge in [0.25, 0.3) is 0 Å². The number of nitrogens with one attached hydrogen (secondary N) is 1. The number of fused-ring (bicyclic) bond motifs is 1. The summed E-state index contributed by atoms with van der Waals surface area (Å²) in [5, 5.41) is 3.66. The van der Waals surface area contributed by atoms with Crippen LogP contribution in [0.15, 0.2) is 24.5 Å². The van der Waals surface area contributed by atoms with Gasteiger partial charge >= 0.3 is 0 Å². The zero-order chi connectivity index (χ0) is 18.1. The fraction of sp³-hybridized carbons (Fsp3) is 0.550. The van der Waals surface area contributed by atoms with Crippen molar-refractivity contribution in [1.29, 1.82) is 0 Å². The molecule has 1 saturated heterocycles. The molecule has 0 amide bonds. The first-order valence-corrected chi connectivity index (χ1v) is 9.95. The molecule has 7 heteroatoms. The summed E-state index contributed by atoms with van der Waals surface area (Å²) in [6, 6.07) is 4.77. The fourth-order valence-electron chi connectivity index (χ4n) is 3.78. The molecule has 0 aromatic carbocycles. The highest BCUT2D eigenvalue weighted by Crippen LogP contribution is 2.31. The molecule has 4 heterocycles.